The summed E-state index contributed by atoms with van der Waals surface area (Å²) in [6.45, 7) is 4.26. The molecule has 2 N–H and O–H groups in total. The van der Waals surface area contributed by atoms with E-state index in [0.717, 1.165) is 36.9 Å². The van der Waals surface area contributed by atoms with Gasteiger partial charge >= 0.3 is 5.97 Å². The van der Waals surface area contributed by atoms with Crippen LogP contribution in [0.3, 0.4) is 0 Å². The predicted octanol–water partition coefficient (Wildman–Crippen LogP) is 0.474. The number of hydrogen-bond acceptors (Lipinski definition) is 5. The van der Waals surface area contributed by atoms with E-state index in [4.69, 9.17) is 0 Å². The second-order valence-electron chi connectivity index (χ2n) is 6.71. The number of aromatic carboxylic acids is 1. The van der Waals surface area contributed by atoms with Crippen molar-refractivity contribution >= 4 is 16.0 Å². The standard InChI is InChI=1S/C16H26N4O4S/c1-2-20-14-6-5-12(11-13(14)15(18-20)16(21)22)17-7-10-25(23,24)19-8-3-4-9-19/h12,17H,2-11H2,1H3,(H,21,22). The zero-order valence-electron chi connectivity index (χ0n) is 14.6. The molecular weight excluding hydrogens is 344 g/mol. The van der Waals surface area contributed by atoms with Gasteiger partial charge in [-0.2, -0.15) is 5.10 Å². The maximum atomic E-state index is 12.3. The summed E-state index contributed by atoms with van der Waals surface area (Å²) in [4.78, 5) is 11.4. The molecule has 1 aromatic heterocycles. The van der Waals surface area contributed by atoms with Crippen LogP contribution in [0.25, 0.3) is 0 Å². The van der Waals surface area contributed by atoms with Crippen molar-refractivity contribution in [2.24, 2.45) is 0 Å². The Bertz CT molecular complexity index is 738. The van der Waals surface area contributed by atoms with E-state index in [1.54, 1.807) is 8.99 Å². The number of aromatic nitrogens is 2. The quantitative estimate of drug-likeness (QED) is 0.723. The molecule has 1 atom stereocenters. The average Bonchev–Trinajstić information content (AvgIpc) is 3.22. The van der Waals surface area contributed by atoms with Crippen molar-refractivity contribution in [2.45, 2.75) is 51.6 Å². The van der Waals surface area contributed by atoms with Crippen LogP contribution >= 0.6 is 0 Å². The highest BCUT2D eigenvalue weighted by molar-refractivity contribution is 7.89. The minimum absolute atomic E-state index is 0.0916. The summed E-state index contributed by atoms with van der Waals surface area (Å²) in [5.74, 6) is -0.906. The van der Waals surface area contributed by atoms with Crippen LogP contribution in [0.5, 0.6) is 0 Å². The molecule has 0 saturated carbocycles. The van der Waals surface area contributed by atoms with E-state index in [-0.39, 0.29) is 17.5 Å². The molecule has 1 unspecified atom stereocenters. The van der Waals surface area contributed by atoms with Gasteiger partial charge in [0.15, 0.2) is 5.69 Å². The van der Waals surface area contributed by atoms with Gasteiger partial charge in [-0.3, -0.25) is 4.68 Å². The SMILES string of the molecule is CCn1nc(C(=O)O)c2c1CCC(NCCS(=O)(=O)N1CCCC1)C2. The number of aryl methyl sites for hydroxylation is 1. The third kappa shape index (κ3) is 3.88. The molecule has 9 heteroatoms. The van der Waals surface area contributed by atoms with Gasteiger partial charge < -0.3 is 10.4 Å². The van der Waals surface area contributed by atoms with Crippen molar-refractivity contribution in [2.75, 3.05) is 25.4 Å². The molecule has 3 rings (SSSR count). The number of nitrogens with one attached hydrogen (secondary N) is 1. The number of hydrogen-bond donors (Lipinski definition) is 2. The number of nitrogens with zero attached hydrogens (tertiary/aromatic N) is 3. The Hall–Kier alpha value is -1.45. The molecule has 0 amide bonds. The summed E-state index contributed by atoms with van der Waals surface area (Å²) >= 11 is 0. The number of fused-ring (bicyclic) bond motifs is 1. The molecule has 1 aromatic rings. The van der Waals surface area contributed by atoms with Crippen molar-refractivity contribution in [3.63, 3.8) is 0 Å². The molecule has 1 aliphatic heterocycles. The van der Waals surface area contributed by atoms with E-state index in [1.807, 2.05) is 6.92 Å². The molecule has 0 radical (unpaired) electrons. The first-order valence-electron chi connectivity index (χ1n) is 8.95. The van der Waals surface area contributed by atoms with Crippen LogP contribution in [0.15, 0.2) is 0 Å². The molecule has 1 aliphatic carbocycles. The molecule has 0 aromatic carbocycles. The molecule has 1 saturated heterocycles. The number of carboxylic acids is 1. The van der Waals surface area contributed by atoms with E-state index < -0.39 is 16.0 Å². The Kier molecular flexibility index (Phi) is 5.45. The highest BCUT2D eigenvalue weighted by Crippen LogP contribution is 2.25. The van der Waals surface area contributed by atoms with Crippen LogP contribution in [0.4, 0.5) is 0 Å². The Morgan fingerprint density at radius 2 is 2.08 bits per heavy atom. The molecule has 2 heterocycles. The zero-order valence-corrected chi connectivity index (χ0v) is 15.4. The molecule has 0 bridgehead atoms. The lowest BCUT2D eigenvalue weighted by Crippen LogP contribution is -2.40. The molecule has 0 spiro atoms. The highest BCUT2D eigenvalue weighted by Gasteiger charge is 2.29. The van der Waals surface area contributed by atoms with Crippen LogP contribution in [-0.2, 0) is 29.4 Å². The maximum absolute atomic E-state index is 12.3. The number of carbonyl (C=O) groups is 1. The number of sulfonamides is 1. The Balaban J connectivity index is 1.60. The third-order valence-electron chi connectivity index (χ3n) is 5.10. The van der Waals surface area contributed by atoms with Crippen LogP contribution < -0.4 is 5.32 Å². The second kappa shape index (κ2) is 7.43. The predicted molar refractivity (Wildman–Crippen MR) is 93.3 cm³/mol. The van der Waals surface area contributed by atoms with Gasteiger partial charge in [0.25, 0.3) is 0 Å². The number of carboxylic acid groups (broad SMARTS) is 1. The van der Waals surface area contributed by atoms with Crippen LogP contribution in [-0.4, -0.2) is 65.0 Å². The molecule has 8 nitrogen and oxygen atoms in total. The highest BCUT2D eigenvalue weighted by atomic mass is 32.2. The fraction of sp³-hybridized carbons (Fsp3) is 0.750. The molecular formula is C16H26N4O4S. The second-order valence-corrected chi connectivity index (χ2v) is 8.80. The molecule has 25 heavy (non-hydrogen) atoms. The van der Waals surface area contributed by atoms with Crippen molar-refractivity contribution < 1.29 is 18.3 Å². The van der Waals surface area contributed by atoms with Crippen molar-refractivity contribution in [3.05, 3.63) is 17.0 Å². The van der Waals surface area contributed by atoms with Gasteiger partial charge in [-0.05, 0) is 39.0 Å². The monoisotopic (exact) mass is 370 g/mol. The lowest BCUT2D eigenvalue weighted by Gasteiger charge is -2.25. The van der Waals surface area contributed by atoms with Crippen molar-refractivity contribution in [1.82, 2.24) is 19.4 Å². The van der Waals surface area contributed by atoms with Gasteiger partial charge in [0.1, 0.15) is 0 Å². The maximum Gasteiger partial charge on any atom is 0.356 e. The largest absolute Gasteiger partial charge is 0.476 e. The molecule has 1 fully saturated rings. The minimum atomic E-state index is -3.18. The van der Waals surface area contributed by atoms with E-state index >= 15 is 0 Å². The van der Waals surface area contributed by atoms with Gasteiger partial charge in [-0.25, -0.2) is 17.5 Å². The summed E-state index contributed by atoms with van der Waals surface area (Å²) < 4.78 is 27.8. The minimum Gasteiger partial charge on any atom is -0.476 e. The lowest BCUT2D eigenvalue weighted by atomic mass is 9.91. The van der Waals surface area contributed by atoms with E-state index in [1.165, 1.54) is 0 Å². The fourth-order valence-corrected chi connectivity index (χ4v) is 5.23. The molecule has 2 aliphatic rings. The zero-order chi connectivity index (χ0) is 18.0. The average molecular weight is 370 g/mol. The summed E-state index contributed by atoms with van der Waals surface area (Å²) in [5.41, 5.74) is 1.93. The van der Waals surface area contributed by atoms with E-state index in [2.05, 4.69) is 10.4 Å². The smallest absolute Gasteiger partial charge is 0.356 e. The van der Waals surface area contributed by atoms with Crippen molar-refractivity contribution in [1.29, 1.82) is 0 Å². The summed E-state index contributed by atoms with van der Waals surface area (Å²) in [7, 11) is -3.18. The lowest BCUT2D eigenvalue weighted by molar-refractivity contribution is 0.0688. The Labute approximate surface area is 148 Å². The fourth-order valence-electron chi connectivity index (χ4n) is 3.78. The third-order valence-corrected chi connectivity index (χ3v) is 6.97. The first kappa shape index (κ1) is 18.3. The first-order chi connectivity index (χ1) is 11.9. The van der Waals surface area contributed by atoms with Crippen LogP contribution in [0.2, 0.25) is 0 Å². The molecule has 140 valence electrons. The van der Waals surface area contributed by atoms with Gasteiger partial charge in [0.05, 0.1) is 5.75 Å². The van der Waals surface area contributed by atoms with Gasteiger partial charge in [-0.1, -0.05) is 0 Å². The Morgan fingerprint density at radius 3 is 2.72 bits per heavy atom. The Morgan fingerprint density at radius 1 is 1.36 bits per heavy atom. The van der Waals surface area contributed by atoms with E-state index in [0.29, 0.717) is 32.6 Å². The summed E-state index contributed by atoms with van der Waals surface area (Å²) in [6, 6.07) is 0.0916. The van der Waals surface area contributed by atoms with Gasteiger partial charge in [0.2, 0.25) is 10.0 Å². The van der Waals surface area contributed by atoms with Crippen LogP contribution in [0, 0.1) is 0 Å². The normalized spacial score (nSPS) is 21.4. The topological polar surface area (TPSA) is 105 Å². The summed E-state index contributed by atoms with van der Waals surface area (Å²) in [6.07, 6.45) is 4.09. The van der Waals surface area contributed by atoms with Crippen molar-refractivity contribution in [3.8, 4) is 0 Å². The summed E-state index contributed by atoms with van der Waals surface area (Å²) in [5, 5.41) is 16.9. The van der Waals surface area contributed by atoms with Gasteiger partial charge in [-0.15, -0.1) is 0 Å². The van der Waals surface area contributed by atoms with E-state index in [9.17, 15) is 18.3 Å². The number of rotatable bonds is 7. The first-order valence-corrected chi connectivity index (χ1v) is 10.6. The van der Waals surface area contributed by atoms with Crippen LogP contribution in [0.1, 0.15) is 47.9 Å². The van der Waals surface area contributed by atoms with Gasteiger partial charge in [0, 0.05) is 43.5 Å².